The van der Waals surface area contributed by atoms with E-state index in [9.17, 15) is 0 Å². The molecule has 0 heterocycles. The van der Waals surface area contributed by atoms with Crippen LogP contribution >= 0.6 is 0 Å². The van der Waals surface area contributed by atoms with Crippen LogP contribution in [0.1, 0.15) is 78.6 Å². The highest BCUT2D eigenvalue weighted by atomic mass is 14.9. The van der Waals surface area contributed by atoms with Crippen LogP contribution in [0.2, 0.25) is 0 Å². The van der Waals surface area contributed by atoms with E-state index in [1.807, 2.05) is 0 Å². The highest BCUT2D eigenvalue weighted by Crippen LogP contribution is 2.26. The molecule has 0 spiro atoms. The van der Waals surface area contributed by atoms with Crippen LogP contribution in [0.15, 0.2) is 0 Å². The highest BCUT2D eigenvalue weighted by molar-refractivity contribution is 4.79. The van der Waals surface area contributed by atoms with E-state index in [0.717, 1.165) is 18.0 Å². The van der Waals surface area contributed by atoms with Crippen molar-refractivity contribution in [2.75, 3.05) is 0 Å². The first-order chi connectivity index (χ1) is 7.76. The van der Waals surface area contributed by atoms with Gasteiger partial charge in [-0.15, -0.1) is 0 Å². The van der Waals surface area contributed by atoms with Crippen LogP contribution in [0.3, 0.4) is 0 Å². The Morgan fingerprint density at radius 1 is 1.19 bits per heavy atom. The van der Waals surface area contributed by atoms with Crippen molar-refractivity contribution < 1.29 is 0 Å². The van der Waals surface area contributed by atoms with Gasteiger partial charge in [0, 0.05) is 12.1 Å². The number of hydrogen-bond acceptors (Lipinski definition) is 1. The molecule has 0 amide bonds. The van der Waals surface area contributed by atoms with Crippen molar-refractivity contribution in [3.8, 4) is 0 Å². The van der Waals surface area contributed by atoms with Crippen LogP contribution in [-0.2, 0) is 0 Å². The number of unbranched alkanes of at least 4 members (excludes halogenated alkanes) is 2. The van der Waals surface area contributed by atoms with E-state index in [1.54, 1.807) is 0 Å². The van der Waals surface area contributed by atoms with Gasteiger partial charge in [-0.1, -0.05) is 52.4 Å². The normalized spacial score (nSPS) is 27.9. The monoisotopic (exact) mass is 225 g/mol. The number of hydrogen-bond donors (Lipinski definition) is 1. The van der Waals surface area contributed by atoms with E-state index in [0.29, 0.717) is 0 Å². The standard InChI is InChI=1S/C15H31N/c1-4-6-7-9-13(3)16-15-11-8-10-14(5-2)12-15/h13-16H,4-12H2,1-3H3. The molecule has 1 rings (SSSR count). The Morgan fingerprint density at radius 2 is 2.00 bits per heavy atom. The Hall–Kier alpha value is -0.0400. The van der Waals surface area contributed by atoms with Gasteiger partial charge in [0.1, 0.15) is 0 Å². The minimum absolute atomic E-state index is 0.729. The van der Waals surface area contributed by atoms with E-state index in [4.69, 9.17) is 0 Å². The van der Waals surface area contributed by atoms with Gasteiger partial charge in [-0.05, 0) is 32.1 Å². The van der Waals surface area contributed by atoms with Crippen LogP contribution in [0.5, 0.6) is 0 Å². The molecule has 1 heteroatoms. The third-order valence-electron chi connectivity index (χ3n) is 4.12. The summed E-state index contributed by atoms with van der Waals surface area (Å²) >= 11 is 0. The van der Waals surface area contributed by atoms with Crippen LogP contribution in [0.25, 0.3) is 0 Å². The molecule has 3 unspecified atom stereocenters. The lowest BCUT2D eigenvalue weighted by Crippen LogP contribution is -2.39. The van der Waals surface area contributed by atoms with E-state index >= 15 is 0 Å². The van der Waals surface area contributed by atoms with Gasteiger partial charge in [-0.25, -0.2) is 0 Å². The fourth-order valence-corrected chi connectivity index (χ4v) is 3.00. The maximum atomic E-state index is 3.84. The molecule has 1 fully saturated rings. The van der Waals surface area contributed by atoms with Gasteiger partial charge >= 0.3 is 0 Å². The summed E-state index contributed by atoms with van der Waals surface area (Å²) in [5.41, 5.74) is 0. The Labute approximate surface area is 102 Å². The third-order valence-corrected chi connectivity index (χ3v) is 4.12. The molecule has 1 N–H and O–H groups in total. The average Bonchev–Trinajstić information content (AvgIpc) is 2.29. The van der Waals surface area contributed by atoms with Crippen molar-refractivity contribution in [3.63, 3.8) is 0 Å². The molecule has 0 aromatic carbocycles. The largest absolute Gasteiger partial charge is 0.311 e. The van der Waals surface area contributed by atoms with Crippen molar-refractivity contribution in [1.82, 2.24) is 5.32 Å². The minimum Gasteiger partial charge on any atom is -0.311 e. The predicted octanol–water partition coefficient (Wildman–Crippen LogP) is 4.51. The first-order valence-electron chi connectivity index (χ1n) is 7.52. The highest BCUT2D eigenvalue weighted by Gasteiger charge is 2.21. The summed E-state index contributed by atoms with van der Waals surface area (Å²) in [5.74, 6) is 0.995. The van der Waals surface area contributed by atoms with Gasteiger partial charge < -0.3 is 5.32 Å². The lowest BCUT2D eigenvalue weighted by atomic mass is 9.84. The molecule has 1 aliphatic rings. The number of rotatable bonds is 7. The molecule has 3 atom stereocenters. The van der Waals surface area contributed by atoms with Gasteiger partial charge in [0.05, 0.1) is 0 Å². The van der Waals surface area contributed by atoms with Crippen LogP contribution in [-0.4, -0.2) is 12.1 Å². The van der Waals surface area contributed by atoms with Crippen molar-refractivity contribution in [3.05, 3.63) is 0 Å². The van der Waals surface area contributed by atoms with E-state index in [-0.39, 0.29) is 0 Å². The van der Waals surface area contributed by atoms with Gasteiger partial charge in [-0.2, -0.15) is 0 Å². The first-order valence-corrected chi connectivity index (χ1v) is 7.52. The van der Waals surface area contributed by atoms with Crippen LogP contribution in [0, 0.1) is 5.92 Å². The lowest BCUT2D eigenvalue weighted by Gasteiger charge is -2.31. The summed E-state index contributed by atoms with van der Waals surface area (Å²) in [4.78, 5) is 0. The molecule has 1 aliphatic carbocycles. The summed E-state index contributed by atoms with van der Waals surface area (Å²) < 4.78 is 0. The van der Waals surface area contributed by atoms with Crippen molar-refractivity contribution in [1.29, 1.82) is 0 Å². The van der Waals surface area contributed by atoms with Crippen LogP contribution < -0.4 is 5.32 Å². The molecular formula is C15H31N. The summed E-state index contributed by atoms with van der Waals surface area (Å²) in [6.45, 7) is 6.99. The van der Waals surface area contributed by atoms with Crippen molar-refractivity contribution in [2.24, 2.45) is 5.92 Å². The summed E-state index contributed by atoms with van der Waals surface area (Å²) in [6, 6.07) is 1.54. The van der Waals surface area contributed by atoms with Gasteiger partial charge in [-0.3, -0.25) is 0 Å². The second kappa shape index (κ2) is 8.11. The maximum absolute atomic E-state index is 3.84. The Bertz CT molecular complexity index is 167. The molecule has 0 aromatic rings. The number of nitrogens with one attached hydrogen (secondary N) is 1. The Balaban J connectivity index is 2.14. The molecule has 1 saturated carbocycles. The molecule has 0 saturated heterocycles. The van der Waals surface area contributed by atoms with Crippen molar-refractivity contribution in [2.45, 2.75) is 90.6 Å². The SMILES string of the molecule is CCCCCC(C)NC1CCCC(CC)C1. The van der Waals surface area contributed by atoms with Gasteiger partial charge in [0.2, 0.25) is 0 Å². The summed E-state index contributed by atoms with van der Waals surface area (Å²) in [5, 5.41) is 3.84. The lowest BCUT2D eigenvalue weighted by molar-refractivity contribution is 0.260. The van der Waals surface area contributed by atoms with Gasteiger partial charge in [0.25, 0.3) is 0 Å². The second-order valence-corrected chi connectivity index (χ2v) is 5.70. The fourth-order valence-electron chi connectivity index (χ4n) is 3.00. The molecular weight excluding hydrogens is 194 g/mol. The minimum atomic E-state index is 0.729. The molecule has 0 bridgehead atoms. The smallest absolute Gasteiger partial charge is 0.00721 e. The second-order valence-electron chi connectivity index (χ2n) is 5.70. The molecule has 0 aliphatic heterocycles. The predicted molar refractivity (Wildman–Crippen MR) is 72.8 cm³/mol. The van der Waals surface area contributed by atoms with E-state index < -0.39 is 0 Å². The molecule has 0 radical (unpaired) electrons. The average molecular weight is 225 g/mol. The zero-order chi connectivity index (χ0) is 11.8. The third kappa shape index (κ3) is 5.34. The quantitative estimate of drug-likeness (QED) is 0.628. The van der Waals surface area contributed by atoms with E-state index in [1.165, 1.54) is 57.8 Å². The maximum Gasteiger partial charge on any atom is 0.00721 e. The van der Waals surface area contributed by atoms with E-state index in [2.05, 4.69) is 26.1 Å². The first kappa shape index (κ1) is 14.0. The molecule has 96 valence electrons. The molecule has 1 nitrogen and oxygen atoms in total. The Morgan fingerprint density at radius 3 is 2.69 bits per heavy atom. The fraction of sp³-hybridized carbons (Fsp3) is 1.00. The molecule has 16 heavy (non-hydrogen) atoms. The topological polar surface area (TPSA) is 12.0 Å². The Kier molecular flexibility index (Phi) is 7.11. The zero-order valence-electron chi connectivity index (χ0n) is 11.6. The zero-order valence-corrected chi connectivity index (χ0v) is 11.6. The van der Waals surface area contributed by atoms with Crippen LogP contribution in [0.4, 0.5) is 0 Å². The van der Waals surface area contributed by atoms with Crippen molar-refractivity contribution >= 4 is 0 Å². The summed E-state index contributed by atoms with van der Waals surface area (Å²) in [7, 11) is 0. The molecule has 0 aromatic heterocycles. The summed E-state index contributed by atoms with van der Waals surface area (Å²) in [6.07, 6.45) is 12.6. The van der Waals surface area contributed by atoms with Gasteiger partial charge in [0.15, 0.2) is 0 Å².